The summed E-state index contributed by atoms with van der Waals surface area (Å²) in [6.45, 7) is 0. The number of halogens is 3. The van der Waals surface area contributed by atoms with Crippen LogP contribution in [0.2, 0.25) is 0 Å². The highest BCUT2D eigenvalue weighted by molar-refractivity contribution is 5.99. The van der Waals surface area contributed by atoms with Crippen LogP contribution in [-0.4, -0.2) is 11.0 Å². The number of benzene rings is 2. The quantitative estimate of drug-likeness (QED) is 0.393. The maximum absolute atomic E-state index is 13.7. The lowest BCUT2D eigenvalue weighted by atomic mass is 10.1. The van der Waals surface area contributed by atoms with E-state index in [1.54, 1.807) is 0 Å². The first-order valence-electron chi connectivity index (χ1n) is 5.43. The fraction of sp³-hybridized carbons (Fsp3) is 0. The number of nitrogens with two attached hydrogens (primary N) is 1. The van der Waals surface area contributed by atoms with E-state index in [4.69, 9.17) is 15.7 Å². The highest BCUT2D eigenvalue weighted by Crippen LogP contribution is 2.29. The molecule has 2 aromatic carbocycles. The predicted molar refractivity (Wildman–Crippen MR) is 65.3 cm³/mol. The number of hydrogen-bond donors (Lipinski definition) is 2. The van der Waals surface area contributed by atoms with Gasteiger partial charge in [0, 0.05) is 0 Å². The summed E-state index contributed by atoms with van der Waals surface area (Å²) >= 11 is 0. The molecule has 0 atom stereocenters. The Labute approximate surface area is 111 Å². The molecule has 0 aromatic heterocycles. The van der Waals surface area contributed by atoms with Crippen molar-refractivity contribution in [3.8, 4) is 11.5 Å². The largest absolute Gasteiger partial charge is 0.453 e. The lowest BCUT2D eigenvalue weighted by molar-refractivity contribution is 0.318. The molecule has 0 fully saturated rings. The van der Waals surface area contributed by atoms with E-state index >= 15 is 0 Å². The third-order valence-electron chi connectivity index (χ3n) is 2.48. The van der Waals surface area contributed by atoms with Gasteiger partial charge in [-0.3, -0.25) is 0 Å². The van der Waals surface area contributed by atoms with E-state index in [1.807, 2.05) is 0 Å². The van der Waals surface area contributed by atoms with Gasteiger partial charge in [-0.2, -0.15) is 4.39 Å². The molecule has 2 rings (SSSR count). The van der Waals surface area contributed by atoms with E-state index in [9.17, 15) is 13.2 Å². The molecule has 2 aromatic rings. The molecule has 0 heterocycles. The summed E-state index contributed by atoms with van der Waals surface area (Å²) in [4.78, 5) is 0. The molecular formula is C13H9F3N2O2. The molecule has 0 amide bonds. The Hall–Kier alpha value is -2.70. The molecule has 0 spiro atoms. The van der Waals surface area contributed by atoms with Gasteiger partial charge in [-0.1, -0.05) is 17.3 Å². The van der Waals surface area contributed by atoms with Gasteiger partial charge in [-0.15, -0.1) is 0 Å². The van der Waals surface area contributed by atoms with Gasteiger partial charge in [0.15, 0.2) is 17.4 Å². The van der Waals surface area contributed by atoms with Gasteiger partial charge in [0.25, 0.3) is 0 Å². The average Bonchev–Trinajstić information content (AvgIpc) is 2.43. The molecule has 0 aliphatic carbocycles. The molecule has 7 heteroatoms. The molecule has 20 heavy (non-hydrogen) atoms. The molecule has 0 bridgehead atoms. The molecule has 0 aliphatic rings. The SMILES string of the molecule is NC(=NO)c1c(F)cccc1Oc1cccc(F)c1F. The minimum atomic E-state index is -1.22. The van der Waals surface area contributed by atoms with Crippen LogP contribution in [0.3, 0.4) is 0 Å². The van der Waals surface area contributed by atoms with Crippen LogP contribution in [0, 0.1) is 17.5 Å². The van der Waals surface area contributed by atoms with Crippen molar-refractivity contribution in [2.45, 2.75) is 0 Å². The zero-order chi connectivity index (χ0) is 14.7. The van der Waals surface area contributed by atoms with Crippen LogP contribution >= 0.6 is 0 Å². The van der Waals surface area contributed by atoms with Crippen molar-refractivity contribution in [1.82, 2.24) is 0 Å². The molecule has 0 radical (unpaired) electrons. The number of nitrogens with zero attached hydrogens (tertiary/aromatic N) is 1. The maximum Gasteiger partial charge on any atom is 0.201 e. The average molecular weight is 282 g/mol. The van der Waals surface area contributed by atoms with E-state index in [-0.39, 0.29) is 11.3 Å². The summed E-state index contributed by atoms with van der Waals surface area (Å²) in [6, 6.07) is 6.94. The molecule has 0 unspecified atom stereocenters. The van der Waals surface area contributed by atoms with Crippen LogP contribution in [0.25, 0.3) is 0 Å². The second kappa shape index (κ2) is 5.52. The van der Waals surface area contributed by atoms with Crippen LogP contribution < -0.4 is 10.5 Å². The number of oxime groups is 1. The van der Waals surface area contributed by atoms with Crippen molar-refractivity contribution >= 4 is 5.84 Å². The normalized spacial score (nSPS) is 11.4. The topological polar surface area (TPSA) is 67.8 Å². The summed E-state index contributed by atoms with van der Waals surface area (Å²) in [6.07, 6.45) is 0. The van der Waals surface area contributed by atoms with E-state index in [1.165, 1.54) is 24.3 Å². The molecule has 0 aliphatic heterocycles. The van der Waals surface area contributed by atoms with Gasteiger partial charge < -0.3 is 15.7 Å². The van der Waals surface area contributed by atoms with Crippen LogP contribution in [0.4, 0.5) is 13.2 Å². The summed E-state index contributed by atoms with van der Waals surface area (Å²) in [7, 11) is 0. The van der Waals surface area contributed by atoms with Gasteiger partial charge in [0.05, 0.1) is 5.56 Å². The number of ether oxygens (including phenoxy) is 1. The second-order valence-corrected chi connectivity index (χ2v) is 3.75. The molecule has 0 saturated carbocycles. The fourth-order valence-corrected chi connectivity index (χ4v) is 1.57. The van der Waals surface area contributed by atoms with Gasteiger partial charge in [0.2, 0.25) is 5.82 Å². The lowest BCUT2D eigenvalue weighted by Gasteiger charge is -2.11. The first kappa shape index (κ1) is 13.7. The van der Waals surface area contributed by atoms with E-state index in [0.717, 1.165) is 12.1 Å². The van der Waals surface area contributed by atoms with Crippen molar-refractivity contribution in [2.24, 2.45) is 10.9 Å². The van der Waals surface area contributed by atoms with Gasteiger partial charge >= 0.3 is 0 Å². The first-order valence-corrected chi connectivity index (χ1v) is 5.43. The summed E-state index contributed by atoms with van der Waals surface area (Å²) < 4.78 is 45.3. The van der Waals surface area contributed by atoms with Crippen LogP contribution in [0.5, 0.6) is 11.5 Å². The van der Waals surface area contributed by atoms with Crippen molar-refractivity contribution in [3.63, 3.8) is 0 Å². The fourth-order valence-electron chi connectivity index (χ4n) is 1.57. The molecule has 0 saturated heterocycles. The minimum absolute atomic E-state index is 0.204. The van der Waals surface area contributed by atoms with Crippen molar-refractivity contribution in [2.75, 3.05) is 0 Å². The Bertz CT molecular complexity index is 675. The smallest absolute Gasteiger partial charge is 0.201 e. The monoisotopic (exact) mass is 282 g/mol. The van der Waals surface area contributed by atoms with Gasteiger partial charge in [0.1, 0.15) is 11.6 Å². The third-order valence-corrected chi connectivity index (χ3v) is 2.48. The number of amidine groups is 1. The van der Waals surface area contributed by atoms with E-state index in [2.05, 4.69) is 5.16 Å². The Morgan fingerprint density at radius 1 is 1.00 bits per heavy atom. The van der Waals surface area contributed by atoms with Crippen molar-refractivity contribution in [3.05, 3.63) is 59.4 Å². The highest BCUT2D eigenvalue weighted by atomic mass is 19.2. The van der Waals surface area contributed by atoms with Crippen molar-refractivity contribution in [1.29, 1.82) is 0 Å². The third kappa shape index (κ3) is 2.51. The summed E-state index contributed by atoms with van der Waals surface area (Å²) in [5.41, 5.74) is 4.98. The molecule has 3 N–H and O–H groups in total. The van der Waals surface area contributed by atoms with Crippen LogP contribution in [-0.2, 0) is 0 Å². The minimum Gasteiger partial charge on any atom is -0.453 e. The predicted octanol–water partition coefficient (Wildman–Crippen LogP) is 2.99. The highest BCUT2D eigenvalue weighted by Gasteiger charge is 2.17. The Morgan fingerprint density at radius 2 is 1.60 bits per heavy atom. The van der Waals surface area contributed by atoms with Crippen molar-refractivity contribution < 1.29 is 23.1 Å². The summed E-state index contributed by atoms with van der Waals surface area (Å²) in [5.74, 6) is -4.34. The molecular weight excluding hydrogens is 273 g/mol. The van der Waals surface area contributed by atoms with E-state index < -0.39 is 29.0 Å². The number of hydrogen-bond acceptors (Lipinski definition) is 3. The van der Waals surface area contributed by atoms with Crippen LogP contribution in [0.15, 0.2) is 41.6 Å². The zero-order valence-electron chi connectivity index (χ0n) is 9.98. The Morgan fingerprint density at radius 3 is 2.25 bits per heavy atom. The number of rotatable bonds is 3. The first-order chi connectivity index (χ1) is 9.54. The van der Waals surface area contributed by atoms with Gasteiger partial charge in [-0.25, -0.2) is 8.78 Å². The molecule has 4 nitrogen and oxygen atoms in total. The van der Waals surface area contributed by atoms with Crippen LogP contribution in [0.1, 0.15) is 5.56 Å². The van der Waals surface area contributed by atoms with E-state index in [0.29, 0.717) is 0 Å². The maximum atomic E-state index is 13.7. The van der Waals surface area contributed by atoms with Gasteiger partial charge in [-0.05, 0) is 24.3 Å². The molecule has 104 valence electrons. The standard InChI is InChI=1S/C13H9F3N2O2/c14-7-3-1-5-9(11(7)13(17)18-19)20-10-6-2-4-8(15)12(10)16/h1-6,19H,(H2,17,18). The lowest BCUT2D eigenvalue weighted by Crippen LogP contribution is -2.16. The second-order valence-electron chi connectivity index (χ2n) is 3.75. The Kier molecular flexibility index (Phi) is 3.79. The zero-order valence-corrected chi connectivity index (χ0v) is 9.98. The Balaban J connectivity index is 2.49. The summed E-state index contributed by atoms with van der Waals surface area (Å²) in [5, 5.41) is 11.3.